The highest BCUT2D eigenvalue weighted by molar-refractivity contribution is 6.32. The molecule has 0 radical (unpaired) electrons. The Bertz CT molecular complexity index is 1080. The first-order chi connectivity index (χ1) is 18.3. The van der Waals surface area contributed by atoms with Gasteiger partial charge in [-0.2, -0.15) is 0 Å². The molecule has 1 amide bonds. The van der Waals surface area contributed by atoms with Crippen LogP contribution in [0.3, 0.4) is 0 Å². The number of carbonyl (C=O) groups is 1. The number of halogens is 1. The molecule has 7 nitrogen and oxygen atoms in total. The van der Waals surface area contributed by atoms with Crippen molar-refractivity contribution in [1.82, 2.24) is 9.80 Å². The summed E-state index contributed by atoms with van der Waals surface area (Å²) in [4.78, 5) is 16.5. The van der Waals surface area contributed by atoms with Gasteiger partial charge in [-0.05, 0) is 81.0 Å². The normalized spacial score (nSPS) is 20.7. The second-order valence-corrected chi connectivity index (χ2v) is 11.0. The van der Waals surface area contributed by atoms with Gasteiger partial charge in [0.05, 0.1) is 18.7 Å². The minimum absolute atomic E-state index is 0.198. The van der Waals surface area contributed by atoms with Gasteiger partial charge in [0, 0.05) is 32.6 Å². The Morgan fingerprint density at radius 1 is 1.00 bits per heavy atom. The molecule has 4 rings (SSSR count). The molecule has 38 heavy (non-hydrogen) atoms. The number of β-amino-alcohol motifs (C(OH)–C–C–N with tert-alkyl or cyclic N) is 1. The van der Waals surface area contributed by atoms with Gasteiger partial charge >= 0.3 is 0 Å². The fourth-order valence-corrected chi connectivity index (χ4v) is 5.47. The van der Waals surface area contributed by atoms with E-state index < -0.39 is 5.60 Å². The van der Waals surface area contributed by atoms with Crippen LogP contribution >= 0.6 is 11.6 Å². The van der Waals surface area contributed by atoms with E-state index >= 15 is 0 Å². The van der Waals surface area contributed by atoms with E-state index in [2.05, 4.69) is 4.90 Å². The fraction of sp³-hybridized carbons (Fsp3) is 0.567. The fourth-order valence-electron chi connectivity index (χ4n) is 5.30. The molecule has 8 heteroatoms. The van der Waals surface area contributed by atoms with Crippen molar-refractivity contribution in [3.05, 3.63) is 52.5 Å². The van der Waals surface area contributed by atoms with Crippen molar-refractivity contribution < 1.29 is 24.1 Å². The second-order valence-electron chi connectivity index (χ2n) is 10.6. The average molecular weight is 545 g/mol. The summed E-state index contributed by atoms with van der Waals surface area (Å²) in [5.41, 5.74) is 1.21. The van der Waals surface area contributed by atoms with Gasteiger partial charge in [0.25, 0.3) is 0 Å². The lowest BCUT2D eigenvalue weighted by Crippen LogP contribution is -2.51. The van der Waals surface area contributed by atoms with Crippen LogP contribution in [0.25, 0.3) is 0 Å². The molecule has 2 saturated heterocycles. The highest BCUT2D eigenvalue weighted by Gasteiger charge is 2.34. The van der Waals surface area contributed by atoms with E-state index in [-0.39, 0.29) is 12.5 Å². The molecule has 2 heterocycles. The lowest BCUT2D eigenvalue weighted by atomic mass is 9.93. The number of amides is 1. The molecular weight excluding hydrogens is 504 g/mol. The number of aliphatic hydroxyl groups is 1. The minimum Gasteiger partial charge on any atom is -0.493 e. The molecular formula is C30H41ClN2O5. The molecule has 0 saturated carbocycles. The van der Waals surface area contributed by atoms with Gasteiger partial charge in [-0.15, -0.1) is 0 Å². The predicted molar refractivity (Wildman–Crippen MR) is 149 cm³/mol. The highest BCUT2D eigenvalue weighted by atomic mass is 35.5. The van der Waals surface area contributed by atoms with Crippen LogP contribution in [0.1, 0.15) is 56.1 Å². The van der Waals surface area contributed by atoms with Gasteiger partial charge in [0.15, 0.2) is 11.5 Å². The van der Waals surface area contributed by atoms with E-state index in [9.17, 15) is 9.90 Å². The largest absolute Gasteiger partial charge is 0.493 e. The Morgan fingerprint density at radius 3 is 2.71 bits per heavy atom. The number of benzene rings is 2. The van der Waals surface area contributed by atoms with Gasteiger partial charge in [-0.3, -0.25) is 9.69 Å². The zero-order valence-corrected chi connectivity index (χ0v) is 23.5. The molecule has 1 atom stereocenters. The smallest absolute Gasteiger partial charge is 0.222 e. The molecule has 0 aromatic heterocycles. The van der Waals surface area contributed by atoms with Crippen LogP contribution < -0.4 is 14.2 Å². The van der Waals surface area contributed by atoms with Crippen molar-refractivity contribution in [2.24, 2.45) is 0 Å². The maximum Gasteiger partial charge on any atom is 0.222 e. The van der Waals surface area contributed by atoms with Crippen LogP contribution in [0.4, 0.5) is 0 Å². The van der Waals surface area contributed by atoms with Crippen LogP contribution in [-0.2, 0) is 11.3 Å². The number of ether oxygens (including phenoxy) is 3. The Hall–Kier alpha value is -2.48. The molecule has 208 valence electrons. The number of nitrogens with zero attached hydrogens (tertiary/aromatic N) is 2. The monoisotopic (exact) mass is 544 g/mol. The maximum absolute atomic E-state index is 12.2. The molecule has 0 aliphatic carbocycles. The number of hydrogen-bond acceptors (Lipinski definition) is 6. The van der Waals surface area contributed by atoms with E-state index in [1.165, 1.54) is 0 Å². The van der Waals surface area contributed by atoms with Gasteiger partial charge in [0.2, 0.25) is 5.91 Å². The van der Waals surface area contributed by atoms with Crippen LogP contribution in [0.2, 0.25) is 5.02 Å². The first-order valence-corrected chi connectivity index (χ1v) is 14.1. The number of rotatable bonds is 11. The van der Waals surface area contributed by atoms with E-state index in [4.69, 9.17) is 25.8 Å². The second kappa shape index (κ2) is 13.5. The summed E-state index contributed by atoms with van der Waals surface area (Å²) in [6.45, 7) is 6.39. The summed E-state index contributed by atoms with van der Waals surface area (Å²) in [6, 6.07) is 11.7. The quantitative estimate of drug-likeness (QED) is 0.390. The molecule has 0 spiro atoms. The van der Waals surface area contributed by atoms with Crippen LogP contribution in [0.5, 0.6) is 17.2 Å². The summed E-state index contributed by atoms with van der Waals surface area (Å²) in [5, 5.41) is 11.8. The summed E-state index contributed by atoms with van der Waals surface area (Å²) in [5.74, 6) is 2.26. The predicted octanol–water partition coefficient (Wildman–Crippen LogP) is 5.23. The third-order valence-electron chi connectivity index (χ3n) is 7.35. The summed E-state index contributed by atoms with van der Waals surface area (Å²) >= 11 is 6.28. The molecule has 2 aromatic rings. The van der Waals surface area contributed by atoms with Gasteiger partial charge < -0.3 is 24.2 Å². The molecule has 2 fully saturated rings. The number of likely N-dealkylation sites (tertiary alicyclic amines) is 2. The average Bonchev–Trinajstić information content (AvgIpc) is 3.11. The molecule has 2 aromatic carbocycles. The van der Waals surface area contributed by atoms with Crippen LogP contribution in [0.15, 0.2) is 36.4 Å². The van der Waals surface area contributed by atoms with Gasteiger partial charge in [0.1, 0.15) is 18.0 Å². The van der Waals surface area contributed by atoms with Crippen LogP contribution in [0, 0.1) is 6.92 Å². The van der Waals surface area contributed by atoms with Crippen molar-refractivity contribution in [3.8, 4) is 17.2 Å². The molecule has 2 aliphatic heterocycles. The third kappa shape index (κ3) is 8.01. The first-order valence-electron chi connectivity index (χ1n) is 13.8. The molecule has 0 bridgehead atoms. The lowest BCUT2D eigenvalue weighted by molar-refractivity contribution is -0.130. The SMILES string of the molecule is COc1ccc(CN2CCC[C@@](O)(COc3cc(C)ccc3Cl)C2)cc1OCCCN1CCCCCC1=O. The zero-order valence-electron chi connectivity index (χ0n) is 22.7. The number of piperidine rings is 1. The van der Waals surface area contributed by atoms with Gasteiger partial charge in [-0.1, -0.05) is 30.2 Å². The van der Waals surface area contributed by atoms with Crippen molar-refractivity contribution in [3.63, 3.8) is 0 Å². The standard InChI is InChI=1S/C30H41ClN2O5/c1-23-9-11-25(31)27(18-23)38-22-30(35)13-6-14-32(21-30)20-24-10-12-26(36-2)28(19-24)37-17-7-16-33-15-5-3-4-8-29(33)34/h9-12,18-19,35H,3-8,13-17,20-22H2,1-2H3/t30-/m0/s1. The Labute approximate surface area is 231 Å². The van der Waals surface area contributed by atoms with E-state index in [1.54, 1.807) is 7.11 Å². The Morgan fingerprint density at radius 2 is 1.87 bits per heavy atom. The summed E-state index contributed by atoms with van der Waals surface area (Å²) in [6.07, 6.45) is 6.22. The molecule has 2 aliphatic rings. The zero-order chi connectivity index (χ0) is 27.0. The third-order valence-corrected chi connectivity index (χ3v) is 7.67. The van der Waals surface area contributed by atoms with Gasteiger partial charge in [-0.25, -0.2) is 0 Å². The number of hydrogen-bond donors (Lipinski definition) is 1. The van der Waals surface area contributed by atoms with Crippen molar-refractivity contribution >= 4 is 17.5 Å². The molecule has 1 N–H and O–H groups in total. The summed E-state index contributed by atoms with van der Waals surface area (Å²) in [7, 11) is 1.64. The number of methoxy groups -OCH3 is 1. The maximum atomic E-state index is 12.2. The molecule has 0 unspecified atom stereocenters. The highest BCUT2D eigenvalue weighted by Crippen LogP contribution is 2.31. The number of aryl methyl sites for hydroxylation is 1. The lowest BCUT2D eigenvalue weighted by Gasteiger charge is -2.39. The van der Waals surface area contributed by atoms with E-state index in [0.29, 0.717) is 54.8 Å². The number of carbonyl (C=O) groups excluding carboxylic acids is 1. The van der Waals surface area contributed by atoms with Crippen molar-refractivity contribution in [1.29, 1.82) is 0 Å². The Balaban J connectivity index is 1.30. The van der Waals surface area contributed by atoms with Crippen molar-refractivity contribution in [2.45, 2.75) is 64.0 Å². The van der Waals surface area contributed by atoms with E-state index in [0.717, 1.165) is 62.9 Å². The Kier molecular flexibility index (Phi) is 10.2. The minimum atomic E-state index is -0.943. The van der Waals surface area contributed by atoms with Crippen LogP contribution in [-0.4, -0.2) is 72.9 Å². The van der Waals surface area contributed by atoms with E-state index in [1.807, 2.05) is 48.2 Å². The van der Waals surface area contributed by atoms with Crippen molar-refractivity contribution in [2.75, 3.05) is 46.5 Å². The first kappa shape index (κ1) is 28.5. The summed E-state index contributed by atoms with van der Waals surface area (Å²) < 4.78 is 17.6. The topological polar surface area (TPSA) is 71.5 Å².